The fourth-order valence-electron chi connectivity index (χ4n) is 4.42. The highest BCUT2D eigenvalue weighted by molar-refractivity contribution is 5.47. The van der Waals surface area contributed by atoms with Crippen molar-refractivity contribution in [2.75, 3.05) is 6.61 Å². The summed E-state index contributed by atoms with van der Waals surface area (Å²) in [6.07, 6.45) is 6.27. The van der Waals surface area contributed by atoms with Crippen molar-refractivity contribution in [3.63, 3.8) is 0 Å². The minimum absolute atomic E-state index is 0.197. The number of rotatable bonds is 11. The lowest BCUT2D eigenvalue weighted by Crippen LogP contribution is -2.35. The smallest absolute Gasteiger partial charge is 0.143 e. The SMILES string of the molecule is C#CC(C[C@H](C)COC(c1ccccc1)(c1ccccc1)c1ccccc1)OCc1ccccc1. The van der Waals surface area contributed by atoms with Crippen LogP contribution in [0, 0.1) is 18.3 Å². The van der Waals surface area contributed by atoms with E-state index in [2.05, 4.69) is 85.6 Å². The summed E-state index contributed by atoms with van der Waals surface area (Å²) in [7, 11) is 0. The van der Waals surface area contributed by atoms with E-state index in [9.17, 15) is 0 Å². The second-order valence-corrected chi connectivity index (χ2v) is 8.88. The van der Waals surface area contributed by atoms with Gasteiger partial charge in [0.1, 0.15) is 11.7 Å². The normalized spacial score (nSPS) is 13.0. The van der Waals surface area contributed by atoms with Crippen molar-refractivity contribution < 1.29 is 9.47 Å². The van der Waals surface area contributed by atoms with Crippen LogP contribution in [0.5, 0.6) is 0 Å². The van der Waals surface area contributed by atoms with Crippen molar-refractivity contribution >= 4 is 0 Å². The lowest BCUT2D eigenvalue weighted by molar-refractivity contribution is -0.0180. The summed E-state index contributed by atoms with van der Waals surface area (Å²) in [4.78, 5) is 0. The zero-order valence-corrected chi connectivity index (χ0v) is 20.2. The summed E-state index contributed by atoms with van der Waals surface area (Å²) in [6.45, 7) is 3.21. The molecular formula is C33H32O2. The molecule has 4 aromatic rings. The number of hydrogen-bond acceptors (Lipinski definition) is 2. The van der Waals surface area contributed by atoms with Crippen LogP contribution in [0.15, 0.2) is 121 Å². The molecule has 0 aliphatic heterocycles. The lowest BCUT2D eigenvalue weighted by atomic mass is 9.80. The van der Waals surface area contributed by atoms with Crippen molar-refractivity contribution in [2.45, 2.75) is 31.7 Å². The molecule has 0 aliphatic carbocycles. The molecule has 0 radical (unpaired) electrons. The molecule has 4 aromatic carbocycles. The molecule has 176 valence electrons. The first kappa shape index (κ1) is 24.5. The molecule has 0 amide bonds. The van der Waals surface area contributed by atoms with Crippen LogP contribution in [0.25, 0.3) is 0 Å². The van der Waals surface area contributed by atoms with Crippen molar-refractivity contribution in [2.24, 2.45) is 5.92 Å². The molecule has 0 saturated heterocycles. The lowest BCUT2D eigenvalue weighted by Gasteiger charge is -2.37. The van der Waals surface area contributed by atoms with Crippen LogP contribution in [0.2, 0.25) is 0 Å². The zero-order chi connectivity index (χ0) is 24.3. The quantitative estimate of drug-likeness (QED) is 0.173. The molecule has 0 aliphatic rings. The second-order valence-electron chi connectivity index (χ2n) is 8.88. The van der Waals surface area contributed by atoms with Gasteiger partial charge in [0.25, 0.3) is 0 Å². The topological polar surface area (TPSA) is 18.5 Å². The van der Waals surface area contributed by atoms with Crippen LogP contribution < -0.4 is 0 Å². The van der Waals surface area contributed by atoms with E-state index in [4.69, 9.17) is 15.9 Å². The van der Waals surface area contributed by atoms with Crippen molar-refractivity contribution in [1.82, 2.24) is 0 Å². The molecule has 0 aromatic heterocycles. The van der Waals surface area contributed by atoms with Gasteiger partial charge in [0, 0.05) is 0 Å². The third-order valence-corrected chi connectivity index (χ3v) is 6.22. The molecule has 4 rings (SSSR count). The Labute approximate surface area is 209 Å². The predicted octanol–water partition coefficient (Wildman–Crippen LogP) is 7.24. The van der Waals surface area contributed by atoms with Crippen molar-refractivity contribution in [1.29, 1.82) is 0 Å². The molecule has 0 fully saturated rings. The molecule has 2 heteroatoms. The van der Waals surface area contributed by atoms with Crippen molar-refractivity contribution in [3.8, 4) is 12.3 Å². The van der Waals surface area contributed by atoms with Gasteiger partial charge in [-0.1, -0.05) is 134 Å². The van der Waals surface area contributed by atoms with Crippen LogP contribution in [0.4, 0.5) is 0 Å². The molecule has 0 heterocycles. The van der Waals surface area contributed by atoms with Gasteiger partial charge in [-0.25, -0.2) is 0 Å². The Morgan fingerprint density at radius 1 is 0.686 bits per heavy atom. The number of terminal acetylenes is 1. The summed E-state index contributed by atoms with van der Waals surface area (Å²) >= 11 is 0. The number of ether oxygens (including phenoxy) is 2. The highest BCUT2D eigenvalue weighted by atomic mass is 16.5. The van der Waals surface area contributed by atoms with Gasteiger partial charge in [-0.2, -0.15) is 0 Å². The maximum absolute atomic E-state index is 6.93. The summed E-state index contributed by atoms with van der Waals surface area (Å²) in [5, 5.41) is 0. The van der Waals surface area contributed by atoms with Crippen LogP contribution in [-0.2, 0) is 21.7 Å². The third-order valence-electron chi connectivity index (χ3n) is 6.22. The van der Waals surface area contributed by atoms with E-state index < -0.39 is 5.60 Å². The third kappa shape index (κ3) is 6.08. The molecule has 2 nitrogen and oxygen atoms in total. The Kier molecular flexibility index (Phi) is 8.52. The van der Waals surface area contributed by atoms with Gasteiger partial charge >= 0.3 is 0 Å². The van der Waals surface area contributed by atoms with Gasteiger partial charge < -0.3 is 9.47 Å². The number of hydrogen-bond donors (Lipinski definition) is 0. The van der Waals surface area contributed by atoms with Crippen LogP contribution in [0.1, 0.15) is 35.6 Å². The minimum atomic E-state index is -0.728. The van der Waals surface area contributed by atoms with Gasteiger partial charge in [0.2, 0.25) is 0 Å². The van der Waals surface area contributed by atoms with E-state index >= 15 is 0 Å². The van der Waals surface area contributed by atoms with Gasteiger partial charge in [0.05, 0.1) is 13.2 Å². The Bertz CT molecular complexity index is 1080. The fourth-order valence-corrected chi connectivity index (χ4v) is 4.42. The van der Waals surface area contributed by atoms with E-state index in [1.54, 1.807) is 0 Å². The monoisotopic (exact) mass is 460 g/mol. The first-order chi connectivity index (χ1) is 17.2. The van der Waals surface area contributed by atoms with E-state index in [0.29, 0.717) is 13.2 Å². The van der Waals surface area contributed by atoms with Crippen molar-refractivity contribution in [3.05, 3.63) is 144 Å². The van der Waals surface area contributed by atoms with E-state index in [1.807, 2.05) is 48.5 Å². The summed E-state index contributed by atoms with van der Waals surface area (Å²) in [5.74, 6) is 3.01. The standard InChI is InChI=1S/C33H32O2/c1-3-32(34-26-28-16-8-4-9-17-28)24-27(2)25-35-33(29-18-10-5-11-19-29,30-20-12-6-13-21-30)31-22-14-7-15-23-31/h1,4-23,27,32H,24-26H2,2H3/t27-,32?/m0/s1. The predicted molar refractivity (Wildman–Crippen MR) is 143 cm³/mol. The van der Waals surface area contributed by atoms with E-state index in [0.717, 1.165) is 28.7 Å². The maximum atomic E-state index is 6.93. The zero-order valence-electron chi connectivity index (χ0n) is 20.2. The summed E-state index contributed by atoms with van der Waals surface area (Å²) in [6, 6.07) is 41.4. The molecule has 0 spiro atoms. The highest BCUT2D eigenvalue weighted by Gasteiger charge is 2.37. The minimum Gasteiger partial charge on any atom is -0.361 e. The first-order valence-electron chi connectivity index (χ1n) is 12.1. The molecule has 2 atom stereocenters. The highest BCUT2D eigenvalue weighted by Crippen LogP contribution is 2.40. The Morgan fingerprint density at radius 2 is 1.11 bits per heavy atom. The van der Waals surface area contributed by atoms with Gasteiger partial charge in [0.15, 0.2) is 0 Å². The fraction of sp³-hybridized carbons (Fsp3) is 0.212. The number of benzene rings is 4. The van der Waals surface area contributed by atoms with Crippen LogP contribution >= 0.6 is 0 Å². The molecule has 0 N–H and O–H groups in total. The Hall–Kier alpha value is -3.64. The second kappa shape index (κ2) is 12.2. The average Bonchev–Trinajstić information content (AvgIpc) is 2.94. The van der Waals surface area contributed by atoms with E-state index in [1.165, 1.54) is 0 Å². The molecule has 0 bridgehead atoms. The van der Waals surface area contributed by atoms with Crippen LogP contribution in [0.3, 0.4) is 0 Å². The van der Waals surface area contributed by atoms with Crippen LogP contribution in [-0.4, -0.2) is 12.7 Å². The molecule has 1 unspecified atom stereocenters. The Morgan fingerprint density at radius 3 is 1.54 bits per heavy atom. The first-order valence-corrected chi connectivity index (χ1v) is 12.1. The Balaban J connectivity index is 1.56. The summed E-state index contributed by atoms with van der Waals surface area (Å²) in [5.41, 5.74) is 3.68. The molecule has 0 saturated carbocycles. The van der Waals surface area contributed by atoms with Gasteiger partial charge in [-0.3, -0.25) is 0 Å². The van der Waals surface area contributed by atoms with Gasteiger partial charge in [-0.15, -0.1) is 6.42 Å². The largest absolute Gasteiger partial charge is 0.361 e. The average molecular weight is 461 g/mol. The summed E-state index contributed by atoms with van der Waals surface area (Å²) < 4.78 is 13.0. The molecule has 35 heavy (non-hydrogen) atoms. The van der Waals surface area contributed by atoms with Gasteiger partial charge in [-0.05, 0) is 34.6 Å². The van der Waals surface area contributed by atoms with E-state index in [-0.39, 0.29) is 12.0 Å². The molecular weight excluding hydrogens is 428 g/mol. The maximum Gasteiger partial charge on any atom is 0.143 e.